The predicted octanol–water partition coefficient (Wildman–Crippen LogP) is 1.55. The first-order chi connectivity index (χ1) is 17.6. The molecule has 0 aliphatic heterocycles. The molecule has 4 rings (SSSR count). The van der Waals surface area contributed by atoms with Crippen molar-refractivity contribution in [2.45, 2.75) is 6.92 Å². The predicted molar refractivity (Wildman–Crippen MR) is 126 cm³/mol. The molecule has 1 heterocycles. The molecule has 10 nitrogen and oxygen atoms in total. The summed E-state index contributed by atoms with van der Waals surface area (Å²) in [5.41, 5.74) is 3.39. The number of nitrogens with zero attached hydrogens (tertiary/aromatic N) is 1. The first kappa shape index (κ1) is 27.8. The molecule has 1 aromatic heterocycles. The smallest absolute Gasteiger partial charge is 0.161 e. The summed E-state index contributed by atoms with van der Waals surface area (Å²) >= 11 is 0. The molecule has 11 heteroatoms. The van der Waals surface area contributed by atoms with Crippen LogP contribution < -0.4 is 38.3 Å². The van der Waals surface area contributed by atoms with Crippen LogP contribution in [0.1, 0.15) is 5.56 Å². The topological polar surface area (TPSA) is 152 Å². The van der Waals surface area contributed by atoms with Crippen molar-refractivity contribution in [2.75, 3.05) is 28.4 Å². The minimum Gasteiger partial charge on any atom is -0.497 e. The highest BCUT2D eigenvalue weighted by molar-refractivity contribution is 5.80. The quantitative estimate of drug-likeness (QED) is 0.390. The maximum Gasteiger partial charge on any atom is 0.161 e. The second-order valence-corrected chi connectivity index (χ2v) is 8.40. The lowest BCUT2D eigenvalue weighted by atomic mass is 10.1. The second-order valence-electron chi connectivity index (χ2n) is 7.61. The number of rotatable bonds is 6. The summed E-state index contributed by atoms with van der Waals surface area (Å²) in [5.74, 6) is 3.27. The van der Waals surface area contributed by atoms with Gasteiger partial charge in [-0.1, -0.05) is 11.6 Å². The Kier molecular flexibility index (Phi) is 8.98. The van der Waals surface area contributed by atoms with Crippen LogP contribution in [0.3, 0.4) is 0 Å². The number of fused-ring (bicyclic) bond motifs is 1. The normalized spacial score (nSPS) is 11.5. The van der Waals surface area contributed by atoms with Crippen LogP contribution >= 0.6 is 0 Å². The fourth-order valence-electron chi connectivity index (χ4n) is 3.51. The van der Waals surface area contributed by atoms with E-state index < -0.39 is 10.2 Å². The van der Waals surface area contributed by atoms with Crippen molar-refractivity contribution in [2.24, 2.45) is 4.99 Å². The molecule has 0 saturated carbocycles. The molecule has 0 bridgehead atoms. The number of halogens is 1. The number of hydrogen-bond donors (Lipinski definition) is 1. The lowest BCUT2D eigenvalue weighted by Gasteiger charge is -2.11. The van der Waals surface area contributed by atoms with E-state index >= 15 is 0 Å². The van der Waals surface area contributed by atoms with Gasteiger partial charge >= 0.3 is 0 Å². The number of methoxy groups -OCH3 is 4. The van der Waals surface area contributed by atoms with Crippen molar-refractivity contribution in [1.82, 2.24) is 0 Å². The van der Waals surface area contributed by atoms with E-state index in [4.69, 9.17) is 47.0 Å². The zero-order valence-corrected chi connectivity index (χ0v) is 21.6. The molecule has 0 saturated heterocycles. The lowest BCUT2D eigenvalue weighted by molar-refractivity contribution is -1.92. The summed E-state index contributed by atoms with van der Waals surface area (Å²) in [7, 11) is 1.76. The number of ether oxygens (including phenoxy) is 4. The van der Waals surface area contributed by atoms with Crippen LogP contribution in [0.5, 0.6) is 23.0 Å². The van der Waals surface area contributed by atoms with Crippen LogP contribution in [0.15, 0.2) is 70.1 Å². The van der Waals surface area contributed by atoms with Crippen LogP contribution in [-0.4, -0.2) is 33.1 Å². The molecule has 1 N–H and O–H groups in total. The van der Waals surface area contributed by atoms with Gasteiger partial charge in [-0.2, -0.15) is 14.0 Å². The summed E-state index contributed by atoms with van der Waals surface area (Å²) in [6.45, 7) is 2.04. The highest BCUT2D eigenvalue weighted by Gasteiger charge is 2.12. The Hall–Kier alpha value is -3.80. The molecule has 0 spiro atoms. The van der Waals surface area contributed by atoms with E-state index in [1.165, 1.54) is 0 Å². The van der Waals surface area contributed by atoms with Gasteiger partial charge in [-0.3, -0.25) is 0 Å². The second kappa shape index (κ2) is 12.0. The van der Waals surface area contributed by atoms with Gasteiger partial charge in [0.05, 0.1) is 48.7 Å². The maximum absolute atomic E-state index is 8.60. The third kappa shape index (κ3) is 7.35. The molecule has 3 aromatic carbocycles. The Morgan fingerprint density at radius 3 is 2.05 bits per heavy atom. The molecule has 0 aliphatic carbocycles. The van der Waals surface area contributed by atoms with Gasteiger partial charge in [-0.15, -0.1) is 0 Å². The minimum atomic E-state index is -4.69. The molecule has 0 fully saturated rings. The minimum absolute atomic E-state index is 0.624. The Balaban J connectivity index is 0.000000695. The SMILES string of the molecule is COc1ccc(N=c2cc(-c3ccc(OC)c(OC)c3)oc3ccc(C)cc23)c(OC)c1.[O-][Cl+3]([O-])([O-])O. The Morgan fingerprint density at radius 2 is 1.43 bits per heavy atom. The van der Waals surface area contributed by atoms with Gasteiger partial charge in [0.2, 0.25) is 0 Å². The summed E-state index contributed by atoms with van der Waals surface area (Å²) in [6.07, 6.45) is 0. The monoisotopic (exact) mass is 531 g/mol. The van der Waals surface area contributed by atoms with E-state index in [9.17, 15) is 0 Å². The molecule has 0 aliphatic rings. The summed E-state index contributed by atoms with van der Waals surface area (Å²) in [6, 6.07) is 19.2. The van der Waals surface area contributed by atoms with E-state index in [2.05, 4.69) is 6.07 Å². The van der Waals surface area contributed by atoms with Crippen molar-refractivity contribution in [1.29, 1.82) is 0 Å². The maximum atomic E-state index is 8.60. The fraction of sp³-hybridized carbons (Fsp3) is 0.192. The number of benzene rings is 3. The molecule has 0 amide bonds. The molecule has 37 heavy (non-hydrogen) atoms. The zero-order chi connectivity index (χ0) is 27.2. The third-order valence-corrected chi connectivity index (χ3v) is 5.19. The largest absolute Gasteiger partial charge is 0.497 e. The van der Waals surface area contributed by atoms with Crippen LogP contribution in [-0.2, 0) is 0 Å². The first-order valence-electron chi connectivity index (χ1n) is 10.7. The van der Waals surface area contributed by atoms with Crippen molar-refractivity contribution in [3.05, 3.63) is 71.6 Å². The van der Waals surface area contributed by atoms with Gasteiger partial charge in [0.15, 0.2) is 11.5 Å². The van der Waals surface area contributed by atoms with Crippen molar-refractivity contribution in [3.63, 3.8) is 0 Å². The fourth-order valence-corrected chi connectivity index (χ4v) is 3.51. The highest BCUT2D eigenvalue weighted by Crippen LogP contribution is 2.34. The molecule has 0 unspecified atom stereocenters. The Labute approximate surface area is 215 Å². The first-order valence-corrected chi connectivity index (χ1v) is 12.0. The van der Waals surface area contributed by atoms with Gasteiger partial charge in [0, 0.05) is 23.1 Å². The van der Waals surface area contributed by atoms with E-state index in [1.54, 1.807) is 28.4 Å². The molecular weight excluding hydrogens is 506 g/mol. The van der Waals surface area contributed by atoms with Crippen LogP contribution in [0, 0.1) is 17.2 Å². The summed E-state index contributed by atoms with van der Waals surface area (Å²) < 4.78 is 60.6. The van der Waals surface area contributed by atoms with Gasteiger partial charge in [0.25, 0.3) is 0 Å². The van der Waals surface area contributed by atoms with E-state index in [1.807, 2.05) is 61.5 Å². The van der Waals surface area contributed by atoms with E-state index in [-0.39, 0.29) is 0 Å². The zero-order valence-electron chi connectivity index (χ0n) is 20.8. The molecule has 4 aromatic rings. The third-order valence-electron chi connectivity index (χ3n) is 5.19. The molecule has 0 atom stereocenters. The molecular formula is C26H26ClNO9. The van der Waals surface area contributed by atoms with Gasteiger partial charge < -0.3 is 23.4 Å². The standard InChI is InChI=1S/C26H25NO5.ClHO4/c1-16-6-10-22-19(12-16)21(27-20-9-8-18(28-2)14-25(20)30-4)15-24(32-22)17-7-11-23(29-3)26(13-17)31-5;2-1(3,4)5/h6-15H,1-5H3;(H,2,3,4,5). The summed E-state index contributed by atoms with van der Waals surface area (Å²) in [5, 5.41) is 1.68. The van der Waals surface area contributed by atoms with Crippen LogP contribution in [0.4, 0.5) is 5.69 Å². The van der Waals surface area contributed by atoms with Gasteiger partial charge in [-0.25, -0.2) is 4.99 Å². The van der Waals surface area contributed by atoms with Gasteiger partial charge in [0.1, 0.15) is 28.5 Å². The number of aryl methyl sites for hydroxylation is 1. The van der Waals surface area contributed by atoms with Crippen LogP contribution in [0.25, 0.3) is 22.3 Å². The lowest BCUT2D eigenvalue weighted by Crippen LogP contribution is -2.58. The van der Waals surface area contributed by atoms with Crippen molar-refractivity contribution >= 4 is 16.7 Å². The van der Waals surface area contributed by atoms with Crippen molar-refractivity contribution < 1.29 is 52.2 Å². The molecule has 196 valence electrons. The number of hydrogen-bond acceptors (Lipinski definition) is 10. The summed E-state index contributed by atoms with van der Waals surface area (Å²) in [4.78, 5) is 4.92. The van der Waals surface area contributed by atoms with E-state index in [0.29, 0.717) is 34.4 Å². The Bertz CT molecular complexity index is 1440. The molecule has 0 radical (unpaired) electrons. The van der Waals surface area contributed by atoms with Crippen LogP contribution in [0.2, 0.25) is 0 Å². The average molecular weight is 532 g/mol. The van der Waals surface area contributed by atoms with Gasteiger partial charge in [-0.05, 0) is 49.4 Å². The Morgan fingerprint density at radius 1 is 0.757 bits per heavy atom. The average Bonchev–Trinajstić information content (AvgIpc) is 2.87. The highest BCUT2D eigenvalue weighted by atomic mass is 35.7. The van der Waals surface area contributed by atoms with E-state index in [0.717, 1.165) is 27.5 Å². The van der Waals surface area contributed by atoms with Crippen molar-refractivity contribution in [3.8, 4) is 34.3 Å².